The Balaban J connectivity index is 1.14. The van der Waals surface area contributed by atoms with Crippen LogP contribution < -0.4 is 4.90 Å². The molecule has 0 aliphatic rings. The fraction of sp³-hybridized carbons (Fsp3) is 0. The predicted octanol–water partition coefficient (Wildman–Crippen LogP) is 13.8. The third-order valence-corrected chi connectivity index (χ3v) is 12.4. The fourth-order valence-electron chi connectivity index (χ4n) is 6.76. The van der Waals surface area contributed by atoms with Gasteiger partial charge in [0.05, 0.1) is 10.2 Å². The zero-order valence-electron chi connectivity index (χ0n) is 25.6. The van der Waals surface area contributed by atoms with Crippen LogP contribution in [0.1, 0.15) is 0 Å². The number of fused-ring (bicyclic) bond motifs is 7. The average Bonchev–Trinajstić information content (AvgIpc) is 3.84. The molecule has 2 nitrogen and oxygen atoms in total. The standard InChI is InChI=1S/C43H26N2S3/c1-3-9-27(10-4-1)28-15-17-30(18-16-28)45(31-19-21-39-34(23-31)33-13-7-8-14-38(33)46-39)32-20-22-40-35(24-32)36-25-42-37(26-41(36)47-40)44-43(48-42)29-11-5-2-6-12-29/h1-26H. The lowest BCUT2D eigenvalue weighted by Gasteiger charge is -2.26. The van der Waals surface area contributed by atoms with E-state index in [1.807, 2.05) is 22.7 Å². The average molecular weight is 667 g/mol. The highest BCUT2D eigenvalue weighted by Gasteiger charge is 2.18. The van der Waals surface area contributed by atoms with Crippen LogP contribution in [-0.4, -0.2) is 4.98 Å². The first-order valence-electron chi connectivity index (χ1n) is 15.9. The Morgan fingerprint density at radius 1 is 0.354 bits per heavy atom. The molecule has 3 heterocycles. The maximum absolute atomic E-state index is 5.02. The van der Waals surface area contributed by atoms with Gasteiger partial charge >= 0.3 is 0 Å². The highest BCUT2D eigenvalue weighted by molar-refractivity contribution is 7.26. The summed E-state index contributed by atoms with van der Waals surface area (Å²) in [5.41, 5.74) is 8.08. The summed E-state index contributed by atoms with van der Waals surface area (Å²) in [6, 6.07) is 57.2. The van der Waals surface area contributed by atoms with Crippen LogP contribution in [0, 0.1) is 0 Å². The first-order chi connectivity index (χ1) is 23.7. The summed E-state index contributed by atoms with van der Waals surface area (Å²) < 4.78 is 6.40. The molecule has 3 aromatic heterocycles. The third-order valence-electron chi connectivity index (χ3n) is 9.09. The molecule has 10 rings (SSSR count). The van der Waals surface area contributed by atoms with E-state index >= 15 is 0 Å². The lowest BCUT2D eigenvalue weighted by atomic mass is 10.0. The van der Waals surface area contributed by atoms with Gasteiger partial charge in [-0.15, -0.1) is 34.0 Å². The second-order valence-electron chi connectivity index (χ2n) is 12.0. The number of hydrogen-bond acceptors (Lipinski definition) is 5. The maximum Gasteiger partial charge on any atom is 0.124 e. The van der Waals surface area contributed by atoms with Gasteiger partial charge in [0.2, 0.25) is 0 Å². The normalized spacial score (nSPS) is 11.8. The van der Waals surface area contributed by atoms with Crippen molar-refractivity contribution in [2.75, 3.05) is 4.90 Å². The number of thiophene rings is 2. The van der Waals surface area contributed by atoms with Crippen LogP contribution in [0.5, 0.6) is 0 Å². The fourth-order valence-corrected chi connectivity index (χ4v) is 9.94. The Morgan fingerprint density at radius 2 is 0.896 bits per heavy atom. The third kappa shape index (κ3) is 4.62. The van der Waals surface area contributed by atoms with E-state index in [9.17, 15) is 0 Å². The molecule has 0 radical (unpaired) electrons. The molecule has 0 bridgehead atoms. The van der Waals surface area contributed by atoms with Gasteiger partial charge in [-0.1, -0.05) is 91.0 Å². The Labute approximate surface area is 289 Å². The monoisotopic (exact) mass is 666 g/mol. The molecule has 0 spiro atoms. The van der Waals surface area contributed by atoms with E-state index in [1.165, 1.54) is 61.7 Å². The Morgan fingerprint density at radius 3 is 1.62 bits per heavy atom. The molecule has 226 valence electrons. The van der Waals surface area contributed by atoms with Crippen molar-refractivity contribution < 1.29 is 0 Å². The topological polar surface area (TPSA) is 16.1 Å². The maximum atomic E-state index is 5.02. The number of rotatable bonds is 5. The van der Waals surface area contributed by atoms with Crippen LogP contribution in [0.15, 0.2) is 158 Å². The van der Waals surface area contributed by atoms with E-state index < -0.39 is 0 Å². The van der Waals surface area contributed by atoms with Gasteiger partial charge in [-0.3, -0.25) is 0 Å². The summed E-state index contributed by atoms with van der Waals surface area (Å²) >= 11 is 5.47. The molecule has 0 aliphatic carbocycles. The molecule has 10 aromatic rings. The van der Waals surface area contributed by atoms with Crippen molar-refractivity contribution in [1.29, 1.82) is 0 Å². The van der Waals surface area contributed by atoms with E-state index in [-0.39, 0.29) is 0 Å². The van der Waals surface area contributed by atoms with Crippen molar-refractivity contribution >= 4 is 102 Å². The van der Waals surface area contributed by atoms with Gasteiger partial charge in [0.25, 0.3) is 0 Å². The number of thiazole rings is 1. The molecule has 0 aliphatic heterocycles. The molecule has 0 saturated heterocycles. The first kappa shape index (κ1) is 27.8. The largest absolute Gasteiger partial charge is 0.310 e. The zero-order chi connectivity index (χ0) is 31.6. The molecule has 0 amide bonds. The Bertz CT molecular complexity index is 2770. The van der Waals surface area contributed by atoms with Gasteiger partial charge in [0, 0.05) is 63.0 Å². The highest BCUT2D eigenvalue weighted by atomic mass is 32.1. The lowest BCUT2D eigenvalue weighted by Crippen LogP contribution is -2.09. The molecule has 7 aromatic carbocycles. The summed E-state index contributed by atoms with van der Waals surface area (Å²) in [6.07, 6.45) is 0. The van der Waals surface area contributed by atoms with Crippen LogP contribution in [0.4, 0.5) is 17.1 Å². The molecule has 0 unspecified atom stereocenters. The predicted molar refractivity (Wildman–Crippen MR) is 211 cm³/mol. The minimum atomic E-state index is 1.06. The zero-order valence-corrected chi connectivity index (χ0v) is 28.1. The lowest BCUT2D eigenvalue weighted by molar-refractivity contribution is 1.30. The van der Waals surface area contributed by atoms with Crippen molar-refractivity contribution in [3.05, 3.63) is 158 Å². The molecule has 5 heteroatoms. The van der Waals surface area contributed by atoms with E-state index in [1.54, 1.807) is 11.3 Å². The Kier molecular flexibility index (Phi) is 6.44. The molecular formula is C43H26N2S3. The van der Waals surface area contributed by atoms with Crippen LogP contribution >= 0.6 is 34.0 Å². The molecule has 0 saturated carbocycles. The van der Waals surface area contributed by atoms with Crippen LogP contribution in [0.2, 0.25) is 0 Å². The van der Waals surface area contributed by atoms with E-state index in [0.29, 0.717) is 0 Å². The Hall–Kier alpha value is -5.33. The summed E-state index contributed by atoms with van der Waals surface area (Å²) in [4.78, 5) is 7.42. The number of nitrogens with zero attached hydrogens (tertiary/aromatic N) is 2. The van der Waals surface area contributed by atoms with Crippen LogP contribution in [0.25, 0.3) is 72.3 Å². The first-order valence-corrected chi connectivity index (χ1v) is 18.4. The summed E-state index contributed by atoms with van der Waals surface area (Å²) in [6.45, 7) is 0. The van der Waals surface area contributed by atoms with Gasteiger partial charge in [0.1, 0.15) is 5.01 Å². The van der Waals surface area contributed by atoms with Gasteiger partial charge in [-0.2, -0.15) is 0 Å². The molecule has 0 N–H and O–H groups in total. The second kappa shape index (κ2) is 11.1. The molecule has 0 fully saturated rings. The molecule has 0 atom stereocenters. The van der Waals surface area contributed by atoms with Gasteiger partial charge in [-0.25, -0.2) is 4.98 Å². The summed E-state index contributed by atoms with van der Waals surface area (Å²) in [7, 11) is 0. The van der Waals surface area contributed by atoms with Gasteiger partial charge < -0.3 is 4.90 Å². The summed E-state index contributed by atoms with van der Waals surface area (Å²) in [5.74, 6) is 0. The number of aromatic nitrogens is 1. The number of anilines is 3. The SMILES string of the molecule is c1ccc(-c2ccc(N(c3ccc4sc5ccccc5c4c3)c3ccc4sc5cc6nc(-c7ccccc7)sc6cc5c4c3)cc2)cc1. The minimum absolute atomic E-state index is 1.06. The van der Waals surface area contributed by atoms with E-state index in [0.717, 1.165) is 27.6 Å². The second-order valence-corrected chi connectivity index (χ2v) is 15.2. The minimum Gasteiger partial charge on any atom is -0.310 e. The van der Waals surface area contributed by atoms with Crippen molar-refractivity contribution in [2.45, 2.75) is 0 Å². The van der Waals surface area contributed by atoms with Crippen LogP contribution in [0.3, 0.4) is 0 Å². The smallest absolute Gasteiger partial charge is 0.124 e. The van der Waals surface area contributed by atoms with Crippen LogP contribution in [-0.2, 0) is 0 Å². The van der Waals surface area contributed by atoms with E-state index in [4.69, 9.17) is 4.98 Å². The van der Waals surface area contributed by atoms with Gasteiger partial charge in [-0.05, 0) is 77.9 Å². The number of benzene rings is 7. The van der Waals surface area contributed by atoms with Crippen molar-refractivity contribution in [3.8, 4) is 21.7 Å². The van der Waals surface area contributed by atoms with E-state index in [2.05, 4.69) is 163 Å². The summed E-state index contributed by atoms with van der Waals surface area (Å²) in [5, 5.41) is 6.22. The quantitative estimate of drug-likeness (QED) is 0.182. The molecular weight excluding hydrogens is 641 g/mol. The molecule has 48 heavy (non-hydrogen) atoms. The highest BCUT2D eigenvalue weighted by Crippen LogP contribution is 2.45. The van der Waals surface area contributed by atoms with Crippen molar-refractivity contribution in [1.82, 2.24) is 4.98 Å². The van der Waals surface area contributed by atoms with Crippen molar-refractivity contribution in [3.63, 3.8) is 0 Å². The number of hydrogen-bond donors (Lipinski definition) is 0. The van der Waals surface area contributed by atoms with Crippen molar-refractivity contribution in [2.24, 2.45) is 0 Å². The van der Waals surface area contributed by atoms with Gasteiger partial charge in [0.15, 0.2) is 0 Å².